The normalized spacial score (nSPS) is 15.8. The summed E-state index contributed by atoms with van der Waals surface area (Å²) in [5.74, 6) is 2.04. The molecule has 0 saturated carbocycles. The molecule has 0 saturated heterocycles. The number of aromatic nitrogens is 4. The van der Waals surface area contributed by atoms with Gasteiger partial charge >= 0.3 is 0 Å². The highest BCUT2D eigenvalue weighted by Crippen LogP contribution is 2.44. The Labute approximate surface area is 311 Å². The van der Waals surface area contributed by atoms with Gasteiger partial charge in [-0.2, -0.15) is 0 Å². The van der Waals surface area contributed by atoms with Gasteiger partial charge in [-0.1, -0.05) is 133 Å². The summed E-state index contributed by atoms with van der Waals surface area (Å²) in [5, 5.41) is 5.84. The van der Waals surface area contributed by atoms with Crippen molar-refractivity contribution >= 4 is 64.3 Å². The molecule has 5 heteroatoms. The Bertz CT molecular complexity index is 2940. The second kappa shape index (κ2) is 13.2. The van der Waals surface area contributed by atoms with Gasteiger partial charge in [-0.3, -0.25) is 4.98 Å². The summed E-state index contributed by atoms with van der Waals surface area (Å²) in [4.78, 5) is 20.5. The lowest BCUT2D eigenvalue weighted by Crippen LogP contribution is -2.03. The summed E-state index contributed by atoms with van der Waals surface area (Å²) in [7, 11) is 0. The first-order chi connectivity index (χ1) is 26.3. The van der Waals surface area contributed by atoms with E-state index in [0.717, 1.165) is 62.5 Å². The molecular formula is C48H32N4S. The summed E-state index contributed by atoms with van der Waals surface area (Å²) < 4.78 is 2.40. The summed E-state index contributed by atoms with van der Waals surface area (Å²) >= 11 is 1.80. The lowest BCUT2D eigenvalue weighted by Gasteiger charge is -2.14. The fraction of sp³-hybridized carbons (Fsp3) is 0.0417. The summed E-state index contributed by atoms with van der Waals surface area (Å²) in [6.07, 6.45) is 12.4. The van der Waals surface area contributed by atoms with Crippen molar-refractivity contribution in [1.29, 1.82) is 0 Å². The van der Waals surface area contributed by atoms with Crippen LogP contribution in [0.3, 0.4) is 0 Å². The number of allylic oxidation sites excluding steroid dienone is 6. The van der Waals surface area contributed by atoms with Gasteiger partial charge in [0.25, 0.3) is 0 Å². The highest BCUT2D eigenvalue weighted by molar-refractivity contribution is 7.26. The number of thiophene rings is 1. The van der Waals surface area contributed by atoms with Crippen LogP contribution in [0.4, 0.5) is 0 Å². The molecular weight excluding hydrogens is 665 g/mol. The zero-order chi connectivity index (χ0) is 35.1. The second-order valence-corrected chi connectivity index (χ2v) is 14.4. The number of fused-ring (bicyclic) bond motifs is 6. The molecule has 10 rings (SSSR count). The molecule has 0 unspecified atom stereocenters. The van der Waals surface area contributed by atoms with Crippen LogP contribution >= 0.6 is 11.3 Å². The monoisotopic (exact) mass is 696 g/mol. The van der Waals surface area contributed by atoms with E-state index in [9.17, 15) is 0 Å². The lowest BCUT2D eigenvalue weighted by molar-refractivity contribution is 0.985. The molecule has 0 amide bonds. The van der Waals surface area contributed by atoms with Crippen LogP contribution in [0.2, 0.25) is 0 Å². The van der Waals surface area contributed by atoms with Crippen molar-refractivity contribution in [2.24, 2.45) is 0 Å². The minimum Gasteiger partial charge on any atom is -0.256 e. The molecule has 0 spiro atoms. The Kier molecular flexibility index (Phi) is 7.77. The van der Waals surface area contributed by atoms with Crippen molar-refractivity contribution < 1.29 is 0 Å². The number of benzene rings is 6. The Morgan fingerprint density at radius 1 is 0.509 bits per heavy atom. The summed E-state index contributed by atoms with van der Waals surface area (Å²) in [5.41, 5.74) is 8.68. The van der Waals surface area contributed by atoms with Crippen LogP contribution in [0.1, 0.15) is 24.2 Å². The molecule has 0 aliphatic heterocycles. The first-order valence-corrected chi connectivity index (χ1v) is 18.8. The van der Waals surface area contributed by atoms with E-state index in [2.05, 4.69) is 140 Å². The molecule has 9 aromatic rings. The third-order valence-corrected chi connectivity index (χ3v) is 11.3. The van der Waals surface area contributed by atoms with Crippen molar-refractivity contribution in [2.75, 3.05) is 0 Å². The Morgan fingerprint density at radius 2 is 1.23 bits per heavy atom. The topological polar surface area (TPSA) is 51.6 Å². The van der Waals surface area contributed by atoms with E-state index in [0.29, 0.717) is 17.5 Å². The van der Waals surface area contributed by atoms with E-state index in [4.69, 9.17) is 19.9 Å². The molecule has 0 atom stereocenters. The van der Waals surface area contributed by atoms with Gasteiger partial charge in [0.2, 0.25) is 0 Å². The fourth-order valence-corrected chi connectivity index (χ4v) is 8.64. The van der Waals surface area contributed by atoms with Gasteiger partial charge in [0.1, 0.15) is 0 Å². The zero-order valence-electron chi connectivity index (χ0n) is 28.8. The largest absolute Gasteiger partial charge is 0.256 e. The van der Waals surface area contributed by atoms with Crippen molar-refractivity contribution in [3.63, 3.8) is 0 Å². The molecule has 4 nitrogen and oxygen atoms in total. The maximum Gasteiger partial charge on any atom is 0.165 e. The third-order valence-electron chi connectivity index (χ3n) is 10.0. The van der Waals surface area contributed by atoms with Gasteiger partial charge in [0, 0.05) is 48.3 Å². The average Bonchev–Trinajstić information content (AvgIpc) is 3.59. The van der Waals surface area contributed by atoms with Crippen molar-refractivity contribution in [3.05, 3.63) is 181 Å². The number of hydrogen-bond acceptors (Lipinski definition) is 5. The Hall–Kier alpha value is -6.56. The molecule has 3 heterocycles. The van der Waals surface area contributed by atoms with Crippen LogP contribution in [-0.2, 0) is 0 Å². The third kappa shape index (κ3) is 5.72. The molecule has 1 aliphatic rings. The van der Waals surface area contributed by atoms with Crippen molar-refractivity contribution in [1.82, 2.24) is 19.9 Å². The van der Waals surface area contributed by atoms with Gasteiger partial charge in [0.05, 0.1) is 5.52 Å². The minimum absolute atomic E-state index is 0.665. The maximum atomic E-state index is 5.34. The van der Waals surface area contributed by atoms with E-state index in [-0.39, 0.29) is 0 Å². The standard InChI is InChI=1S/C48H32N4S/c1-3-14-31(15-4-1)32-16-7-8-19-34(26-25-32)47-50-46(33-17-5-2-6-18-33)51-48(52-47)42-30-36(29-41-38-22-11-12-24-43(38)53-45(41)42)40-28-35-20-13-27-49-44(35)39-23-10-9-21-37(39)40/h1-7,9-18,20-30H,8,19H2/b16-7-,32-25+,34-26+. The van der Waals surface area contributed by atoms with Crippen LogP contribution in [0.25, 0.3) is 86.9 Å². The molecule has 0 bridgehead atoms. The van der Waals surface area contributed by atoms with Crippen LogP contribution < -0.4 is 0 Å². The first kappa shape index (κ1) is 31.2. The van der Waals surface area contributed by atoms with Crippen molar-refractivity contribution in [3.8, 4) is 33.9 Å². The van der Waals surface area contributed by atoms with E-state index < -0.39 is 0 Å². The molecule has 3 aromatic heterocycles. The van der Waals surface area contributed by atoms with Gasteiger partial charge in [-0.25, -0.2) is 15.0 Å². The van der Waals surface area contributed by atoms with E-state index in [1.54, 1.807) is 11.3 Å². The first-order valence-electron chi connectivity index (χ1n) is 17.9. The number of pyridine rings is 1. The highest BCUT2D eigenvalue weighted by Gasteiger charge is 2.20. The summed E-state index contributed by atoms with van der Waals surface area (Å²) in [6, 6.07) is 49.1. The summed E-state index contributed by atoms with van der Waals surface area (Å²) in [6.45, 7) is 0. The van der Waals surface area contributed by atoms with Gasteiger partial charge in [-0.05, 0) is 76.4 Å². The van der Waals surface area contributed by atoms with Crippen LogP contribution in [0, 0.1) is 0 Å². The van der Waals surface area contributed by atoms with E-state index in [1.807, 2.05) is 30.5 Å². The van der Waals surface area contributed by atoms with Crippen molar-refractivity contribution in [2.45, 2.75) is 12.8 Å². The number of nitrogens with zero attached hydrogens (tertiary/aromatic N) is 4. The molecule has 53 heavy (non-hydrogen) atoms. The smallest absolute Gasteiger partial charge is 0.165 e. The molecule has 0 radical (unpaired) electrons. The maximum absolute atomic E-state index is 5.34. The predicted molar refractivity (Wildman–Crippen MR) is 223 cm³/mol. The molecule has 0 N–H and O–H groups in total. The van der Waals surface area contributed by atoms with Gasteiger partial charge in [-0.15, -0.1) is 11.3 Å². The second-order valence-electron chi connectivity index (χ2n) is 13.3. The van der Waals surface area contributed by atoms with Gasteiger partial charge < -0.3 is 0 Å². The molecule has 1 aliphatic carbocycles. The number of rotatable bonds is 5. The van der Waals surface area contributed by atoms with Gasteiger partial charge in [0.15, 0.2) is 17.5 Å². The van der Waals surface area contributed by atoms with Crippen LogP contribution in [0.15, 0.2) is 170 Å². The Balaban J connectivity index is 1.24. The quantitative estimate of drug-likeness (QED) is 0.168. The average molecular weight is 697 g/mol. The highest BCUT2D eigenvalue weighted by atomic mass is 32.1. The molecule has 6 aromatic carbocycles. The van der Waals surface area contributed by atoms with E-state index in [1.165, 1.54) is 31.1 Å². The van der Waals surface area contributed by atoms with Crippen LogP contribution in [0.5, 0.6) is 0 Å². The predicted octanol–water partition coefficient (Wildman–Crippen LogP) is 12.8. The zero-order valence-corrected chi connectivity index (χ0v) is 29.6. The SMILES string of the molecule is C1=C/C(c2ccccc2)=C\C=C(\c2nc(-c3ccccc3)nc(-c3cc(-c4cc5cccnc5c5ccccc45)cc4c3sc3ccccc34)n2)CC\1. The Morgan fingerprint density at radius 3 is 2.08 bits per heavy atom. The van der Waals surface area contributed by atoms with E-state index >= 15 is 0 Å². The molecule has 0 fully saturated rings. The fourth-order valence-electron chi connectivity index (χ4n) is 7.45. The molecule has 250 valence electrons. The number of hydrogen-bond donors (Lipinski definition) is 0. The minimum atomic E-state index is 0.665. The lowest BCUT2D eigenvalue weighted by atomic mass is 9.93. The van der Waals surface area contributed by atoms with Crippen LogP contribution in [-0.4, -0.2) is 19.9 Å².